The molecule has 5 nitrogen and oxygen atoms in total. The number of hydrogen-bond acceptors (Lipinski definition) is 4. The van der Waals surface area contributed by atoms with Crippen LogP contribution in [-0.2, 0) is 6.42 Å². The van der Waals surface area contributed by atoms with Gasteiger partial charge in [0.15, 0.2) is 0 Å². The smallest absolute Gasteiger partial charge is 0.254 e. The summed E-state index contributed by atoms with van der Waals surface area (Å²) in [5.74, 6) is 0.710. The first-order chi connectivity index (χ1) is 12.2. The van der Waals surface area contributed by atoms with Gasteiger partial charge >= 0.3 is 0 Å². The molecule has 25 heavy (non-hydrogen) atoms. The molecule has 126 valence electrons. The number of aryl methyl sites for hydroxylation is 1. The summed E-state index contributed by atoms with van der Waals surface area (Å²) in [5.41, 5.74) is 4.74. The molecule has 1 unspecified atom stereocenters. The molecule has 0 fully saturated rings. The molecule has 3 aromatic rings. The Labute approximate surface area is 145 Å². The number of ether oxygens (including phenoxy) is 1. The molecule has 1 atom stereocenters. The topological polar surface area (TPSA) is 64.4 Å². The Morgan fingerprint density at radius 1 is 1.32 bits per heavy atom. The van der Waals surface area contributed by atoms with E-state index in [0.29, 0.717) is 12.1 Å². The number of hydrogen-bond donors (Lipinski definition) is 1. The van der Waals surface area contributed by atoms with E-state index in [1.165, 1.54) is 18.1 Å². The van der Waals surface area contributed by atoms with Crippen LogP contribution in [0, 0.1) is 6.92 Å². The number of pyridine rings is 1. The minimum Gasteiger partial charge on any atom is -0.487 e. The van der Waals surface area contributed by atoms with Crippen molar-refractivity contribution in [3.63, 3.8) is 0 Å². The SMILES string of the molecule is Cc1cc2c(c(-c3ccccn3)c1)OC(CNC(=O)c1ccoc1)C2. The Morgan fingerprint density at radius 3 is 3.00 bits per heavy atom. The molecular weight excluding hydrogens is 316 g/mol. The zero-order valence-electron chi connectivity index (χ0n) is 13.9. The molecule has 0 aliphatic carbocycles. The highest BCUT2D eigenvalue weighted by Gasteiger charge is 2.27. The van der Waals surface area contributed by atoms with Crippen molar-refractivity contribution in [3.8, 4) is 17.0 Å². The fourth-order valence-electron chi connectivity index (χ4n) is 3.12. The number of carbonyl (C=O) groups excluding carboxylic acids is 1. The average molecular weight is 334 g/mol. The number of rotatable bonds is 4. The molecule has 1 aromatic carbocycles. The maximum atomic E-state index is 12.0. The van der Waals surface area contributed by atoms with Gasteiger partial charge in [-0.15, -0.1) is 0 Å². The van der Waals surface area contributed by atoms with E-state index in [1.807, 2.05) is 18.2 Å². The third-order valence-electron chi connectivity index (χ3n) is 4.26. The van der Waals surface area contributed by atoms with Gasteiger partial charge in [-0.1, -0.05) is 12.1 Å². The monoisotopic (exact) mass is 334 g/mol. The van der Waals surface area contributed by atoms with Crippen molar-refractivity contribution in [2.45, 2.75) is 19.4 Å². The van der Waals surface area contributed by atoms with E-state index < -0.39 is 0 Å². The second kappa shape index (κ2) is 6.43. The number of benzene rings is 1. The molecule has 1 aliphatic rings. The Hall–Kier alpha value is -3.08. The molecule has 2 aromatic heterocycles. The maximum absolute atomic E-state index is 12.0. The van der Waals surface area contributed by atoms with Gasteiger partial charge in [0.2, 0.25) is 0 Å². The van der Waals surface area contributed by atoms with Crippen LogP contribution in [0.25, 0.3) is 11.3 Å². The van der Waals surface area contributed by atoms with Crippen LogP contribution in [0.4, 0.5) is 0 Å². The highest BCUT2D eigenvalue weighted by molar-refractivity contribution is 5.93. The summed E-state index contributed by atoms with van der Waals surface area (Å²) >= 11 is 0. The van der Waals surface area contributed by atoms with Crippen molar-refractivity contribution in [3.05, 3.63) is 71.8 Å². The molecule has 1 N–H and O–H groups in total. The number of nitrogens with one attached hydrogen (secondary N) is 1. The third kappa shape index (κ3) is 3.13. The summed E-state index contributed by atoms with van der Waals surface area (Å²) in [6, 6.07) is 11.7. The van der Waals surface area contributed by atoms with Crippen LogP contribution in [0.3, 0.4) is 0 Å². The van der Waals surface area contributed by atoms with Gasteiger partial charge in [0.05, 0.1) is 24.1 Å². The fourth-order valence-corrected chi connectivity index (χ4v) is 3.12. The summed E-state index contributed by atoms with van der Waals surface area (Å²) in [4.78, 5) is 16.5. The second-order valence-electron chi connectivity index (χ2n) is 6.18. The first-order valence-corrected chi connectivity index (χ1v) is 8.22. The van der Waals surface area contributed by atoms with Crippen LogP contribution in [0.2, 0.25) is 0 Å². The highest BCUT2D eigenvalue weighted by atomic mass is 16.5. The van der Waals surface area contributed by atoms with Gasteiger partial charge < -0.3 is 14.5 Å². The van der Waals surface area contributed by atoms with Crippen LogP contribution in [0.15, 0.2) is 59.5 Å². The van der Waals surface area contributed by atoms with E-state index >= 15 is 0 Å². The Morgan fingerprint density at radius 2 is 2.24 bits per heavy atom. The van der Waals surface area contributed by atoms with Crippen molar-refractivity contribution in [1.82, 2.24) is 10.3 Å². The van der Waals surface area contributed by atoms with Gasteiger partial charge in [0.1, 0.15) is 18.1 Å². The zero-order valence-corrected chi connectivity index (χ0v) is 13.9. The largest absolute Gasteiger partial charge is 0.487 e. The molecule has 1 aliphatic heterocycles. The molecule has 0 bridgehead atoms. The first-order valence-electron chi connectivity index (χ1n) is 8.22. The molecule has 4 rings (SSSR count). The van der Waals surface area contributed by atoms with E-state index in [4.69, 9.17) is 9.15 Å². The second-order valence-corrected chi connectivity index (χ2v) is 6.18. The summed E-state index contributed by atoms with van der Waals surface area (Å²) in [7, 11) is 0. The Kier molecular flexibility index (Phi) is 3.98. The standard InChI is InChI=1S/C20H18N2O3/c1-13-8-15-10-16(11-22-20(23)14-5-7-24-12-14)25-19(15)17(9-13)18-4-2-3-6-21-18/h2-9,12,16H,10-11H2,1H3,(H,22,23). The Bertz CT molecular complexity index is 889. The van der Waals surface area contributed by atoms with E-state index in [2.05, 4.69) is 29.4 Å². The number of fused-ring (bicyclic) bond motifs is 1. The molecule has 0 saturated carbocycles. The van der Waals surface area contributed by atoms with Crippen molar-refractivity contribution in [2.75, 3.05) is 6.54 Å². The average Bonchev–Trinajstić information content (AvgIpc) is 3.29. The molecule has 1 amide bonds. The van der Waals surface area contributed by atoms with E-state index in [9.17, 15) is 4.79 Å². The van der Waals surface area contributed by atoms with Gasteiger partial charge in [0, 0.05) is 18.2 Å². The predicted octanol–water partition coefficient (Wildman–Crippen LogP) is 3.38. The van der Waals surface area contributed by atoms with Crippen molar-refractivity contribution >= 4 is 5.91 Å². The predicted molar refractivity (Wildman–Crippen MR) is 93.6 cm³/mol. The molecule has 5 heteroatoms. The molecule has 3 heterocycles. The normalized spacial score (nSPS) is 15.5. The number of nitrogens with zero attached hydrogens (tertiary/aromatic N) is 1. The van der Waals surface area contributed by atoms with Crippen LogP contribution in [0.5, 0.6) is 5.75 Å². The lowest BCUT2D eigenvalue weighted by Gasteiger charge is -2.13. The number of aromatic nitrogens is 1. The van der Waals surface area contributed by atoms with Crippen LogP contribution >= 0.6 is 0 Å². The summed E-state index contributed by atoms with van der Waals surface area (Å²) < 4.78 is 11.1. The van der Waals surface area contributed by atoms with Gasteiger partial charge in [-0.3, -0.25) is 9.78 Å². The summed E-state index contributed by atoms with van der Waals surface area (Å²) in [6.07, 6.45) is 5.38. The molecule has 0 radical (unpaired) electrons. The van der Waals surface area contributed by atoms with Crippen molar-refractivity contribution in [1.29, 1.82) is 0 Å². The van der Waals surface area contributed by atoms with Crippen LogP contribution in [0.1, 0.15) is 21.5 Å². The molecular formula is C20H18N2O3. The van der Waals surface area contributed by atoms with E-state index in [1.54, 1.807) is 12.3 Å². The van der Waals surface area contributed by atoms with Crippen molar-refractivity contribution in [2.24, 2.45) is 0 Å². The number of furan rings is 1. The van der Waals surface area contributed by atoms with E-state index in [0.717, 1.165) is 29.0 Å². The lowest BCUT2D eigenvalue weighted by Crippen LogP contribution is -2.34. The lowest BCUT2D eigenvalue weighted by atomic mass is 10.0. The fraction of sp³-hybridized carbons (Fsp3) is 0.200. The first kappa shape index (κ1) is 15.4. The lowest BCUT2D eigenvalue weighted by molar-refractivity contribution is 0.0933. The van der Waals surface area contributed by atoms with Gasteiger partial charge in [-0.2, -0.15) is 0 Å². The number of carbonyl (C=O) groups is 1. The van der Waals surface area contributed by atoms with Crippen molar-refractivity contribution < 1.29 is 13.9 Å². The number of amides is 1. The summed E-state index contributed by atoms with van der Waals surface area (Å²) in [5, 5.41) is 2.90. The quantitative estimate of drug-likeness (QED) is 0.794. The highest BCUT2D eigenvalue weighted by Crippen LogP contribution is 2.39. The molecule has 0 spiro atoms. The van der Waals surface area contributed by atoms with Gasteiger partial charge in [-0.25, -0.2) is 0 Å². The molecule has 0 saturated heterocycles. The van der Waals surface area contributed by atoms with Crippen LogP contribution in [-0.4, -0.2) is 23.5 Å². The Balaban J connectivity index is 1.51. The van der Waals surface area contributed by atoms with Gasteiger partial charge in [-0.05, 0) is 42.3 Å². The zero-order chi connectivity index (χ0) is 17.2. The minimum atomic E-state index is -0.158. The summed E-state index contributed by atoms with van der Waals surface area (Å²) in [6.45, 7) is 2.51. The van der Waals surface area contributed by atoms with E-state index in [-0.39, 0.29) is 12.0 Å². The maximum Gasteiger partial charge on any atom is 0.254 e. The minimum absolute atomic E-state index is 0.0879. The van der Waals surface area contributed by atoms with Crippen LogP contribution < -0.4 is 10.1 Å². The third-order valence-corrected chi connectivity index (χ3v) is 4.26. The van der Waals surface area contributed by atoms with Gasteiger partial charge in [0.25, 0.3) is 5.91 Å².